The largest absolute Gasteiger partial charge is 0.373 e. The predicted octanol–water partition coefficient (Wildman–Crippen LogP) is 6.51. The molecule has 1 unspecified atom stereocenters. The molecule has 0 aliphatic rings. The number of allylic oxidation sites excluding steroid dienone is 1. The number of methoxy groups -OCH3 is 3. The number of rotatable bonds is 14. The molecule has 0 aliphatic heterocycles. The lowest BCUT2D eigenvalue weighted by Gasteiger charge is -2.47. The van der Waals surface area contributed by atoms with E-state index in [1.54, 1.807) is 27.4 Å². The van der Waals surface area contributed by atoms with Gasteiger partial charge < -0.3 is 14.2 Å². The van der Waals surface area contributed by atoms with Gasteiger partial charge in [0.1, 0.15) is 5.60 Å². The minimum atomic E-state index is -0.638. The van der Waals surface area contributed by atoms with Crippen LogP contribution in [0.5, 0.6) is 0 Å². The van der Waals surface area contributed by atoms with E-state index in [1.807, 2.05) is 6.92 Å². The van der Waals surface area contributed by atoms with Gasteiger partial charge in [-0.3, -0.25) is 0 Å². The number of hydrogen-bond acceptors (Lipinski definition) is 3. The highest BCUT2D eigenvalue weighted by atomic mass is 16.7. The first-order chi connectivity index (χ1) is 11.5. The van der Waals surface area contributed by atoms with Gasteiger partial charge in [0.15, 0.2) is 5.79 Å². The molecule has 0 saturated heterocycles. The summed E-state index contributed by atoms with van der Waals surface area (Å²) < 4.78 is 17.6. The molecule has 0 heterocycles. The third-order valence-corrected chi connectivity index (χ3v) is 4.80. The van der Waals surface area contributed by atoms with Crippen LogP contribution in [-0.4, -0.2) is 32.7 Å². The van der Waals surface area contributed by atoms with E-state index in [-0.39, 0.29) is 5.60 Å². The van der Waals surface area contributed by atoms with Crippen LogP contribution < -0.4 is 0 Å². The van der Waals surface area contributed by atoms with Crippen molar-refractivity contribution in [2.24, 2.45) is 0 Å². The molecule has 3 heteroatoms. The molecule has 3 nitrogen and oxygen atoms in total. The molecule has 0 aromatic rings. The molecule has 1 atom stereocenters. The molecule has 0 N–H and O–H groups in total. The van der Waals surface area contributed by atoms with Crippen LogP contribution in [0.15, 0.2) is 12.7 Å². The Labute approximate surface area is 152 Å². The van der Waals surface area contributed by atoms with Crippen LogP contribution in [0.25, 0.3) is 0 Å². The summed E-state index contributed by atoms with van der Waals surface area (Å²) in [6.45, 7) is 11.8. The van der Waals surface area contributed by atoms with Gasteiger partial charge in [-0.05, 0) is 19.8 Å². The Hall–Kier alpha value is -0.380. The van der Waals surface area contributed by atoms with Crippen molar-refractivity contribution in [1.82, 2.24) is 0 Å². The fourth-order valence-electron chi connectivity index (χ4n) is 3.53. The summed E-state index contributed by atoms with van der Waals surface area (Å²) >= 11 is 0. The Kier molecular flexibility index (Phi) is 17.4. The van der Waals surface area contributed by atoms with E-state index < -0.39 is 5.79 Å². The predicted molar refractivity (Wildman–Crippen MR) is 106 cm³/mol. The smallest absolute Gasteiger partial charge is 0.196 e. The first-order valence-corrected chi connectivity index (χ1v) is 9.75. The molecular weight excluding hydrogens is 300 g/mol. The van der Waals surface area contributed by atoms with Crippen molar-refractivity contribution >= 4 is 0 Å². The summed E-state index contributed by atoms with van der Waals surface area (Å²) in [6, 6.07) is 0. The standard InChI is InChI=1S/C18H38O3.C3H6/c1-7-10-11-12-13-14-16-17(19-4,15-8-2)18(9-3,20-5)21-6;1-3-2/h7-16H2,1-6H3;3H,1H2,2H3. The molecule has 146 valence electrons. The molecule has 0 bridgehead atoms. The molecule has 24 heavy (non-hydrogen) atoms. The maximum atomic E-state index is 5.99. The van der Waals surface area contributed by atoms with Gasteiger partial charge in [0, 0.05) is 27.8 Å². The third kappa shape index (κ3) is 8.13. The zero-order chi connectivity index (χ0) is 18.9. The molecule has 0 spiro atoms. The van der Waals surface area contributed by atoms with Crippen LogP contribution in [0.3, 0.4) is 0 Å². The fourth-order valence-corrected chi connectivity index (χ4v) is 3.53. The summed E-state index contributed by atoms with van der Waals surface area (Å²) in [5.41, 5.74) is -0.343. The normalized spacial score (nSPS) is 13.8. The van der Waals surface area contributed by atoms with Crippen molar-refractivity contribution < 1.29 is 14.2 Å². The maximum Gasteiger partial charge on any atom is 0.196 e. The minimum Gasteiger partial charge on any atom is -0.373 e. The highest BCUT2D eigenvalue weighted by Crippen LogP contribution is 2.40. The average molecular weight is 345 g/mol. The Balaban J connectivity index is 0. The number of hydrogen-bond donors (Lipinski definition) is 0. The molecule has 0 amide bonds. The van der Waals surface area contributed by atoms with E-state index in [0.29, 0.717) is 0 Å². The second-order valence-electron chi connectivity index (χ2n) is 6.39. The van der Waals surface area contributed by atoms with Gasteiger partial charge in [-0.25, -0.2) is 0 Å². The van der Waals surface area contributed by atoms with Crippen molar-refractivity contribution in [3.8, 4) is 0 Å². The molecule has 0 aliphatic carbocycles. The Morgan fingerprint density at radius 2 is 1.25 bits per heavy atom. The Bertz CT molecular complexity index is 266. The lowest BCUT2D eigenvalue weighted by atomic mass is 9.81. The topological polar surface area (TPSA) is 27.7 Å². The van der Waals surface area contributed by atoms with Crippen LogP contribution >= 0.6 is 0 Å². The minimum absolute atomic E-state index is 0.343. The highest BCUT2D eigenvalue weighted by Gasteiger charge is 2.51. The quantitative estimate of drug-likeness (QED) is 0.204. The van der Waals surface area contributed by atoms with E-state index >= 15 is 0 Å². The Morgan fingerprint density at radius 1 is 0.750 bits per heavy atom. The highest BCUT2D eigenvalue weighted by molar-refractivity contribution is 4.95. The molecule has 0 aromatic carbocycles. The molecule has 0 radical (unpaired) electrons. The first kappa shape index (κ1) is 25.9. The van der Waals surface area contributed by atoms with Gasteiger partial charge in [-0.15, -0.1) is 6.58 Å². The van der Waals surface area contributed by atoms with Crippen LogP contribution in [-0.2, 0) is 14.2 Å². The van der Waals surface area contributed by atoms with Crippen molar-refractivity contribution in [3.05, 3.63) is 12.7 Å². The van der Waals surface area contributed by atoms with E-state index in [9.17, 15) is 0 Å². The molecule has 0 rings (SSSR count). The molecule has 0 aromatic heterocycles. The van der Waals surface area contributed by atoms with Crippen LogP contribution in [0, 0.1) is 0 Å². The third-order valence-electron chi connectivity index (χ3n) is 4.80. The zero-order valence-electron chi connectivity index (χ0n) is 17.6. The Morgan fingerprint density at radius 3 is 1.62 bits per heavy atom. The van der Waals surface area contributed by atoms with E-state index in [4.69, 9.17) is 14.2 Å². The number of unbranched alkanes of at least 4 members (excludes halogenated alkanes) is 5. The van der Waals surface area contributed by atoms with Crippen molar-refractivity contribution in [3.63, 3.8) is 0 Å². The zero-order valence-corrected chi connectivity index (χ0v) is 17.6. The average Bonchev–Trinajstić information content (AvgIpc) is 2.60. The lowest BCUT2D eigenvalue weighted by Crippen LogP contribution is -2.57. The second kappa shape index (κ2) is 16.1. The van der Waals surface area contributed by atoms with E-state index in [0.717, 1.165) is 25.7 Å². The number of ether oxygens (including phenoxy) is 3. The van der Waals surface area contributed by atoms with Gasteiger partial charge in [-0.1, -0.05) is 71.8 Å². The van der Waals surface area contributed by atoms with Crippen molar-refractivity contribution in [2.45, 2.75) is 103 Å². The van der Waals surface area contributed by atoms with Crippen molar-refractivity contribution in [2.75, 3.05) is 21.3 Å². The summed E-state index contributed by atoms with van der Waals surface area (Å²) in [6.07, 6.45) is 13.3. The van der Waals surface area contributed by atoms with Crippen LogP contribution in [0.2, 0.25) is 0 Å². The summed E-state index contributed by atoms with van der Waals surface area (Å²) in [4.78, 5) is 0. The second-order valence-corrected chi connectivity index (χ2v) is 6.39. The van der Waals surface area contributed by atoms with Gasteiger partial charge in [0.25, 0.3) is 0 Å². The van der Waals surface area contributed by atoms with Gasteiger partial charge in [0.2, 0.25) is 0 Å². The molecular formula is C21H44O3. The lowest BCUT2D eigenvalue weighted by molar-refractivity contribution is -0.314. The SMILES string of the molecule is C=CC.CCCCCCCCC(CCC)(OC)C(CC)(OC)OC. The summed E-state index contributed by atoms with van der Waals surface area (Å²) in [5, 5.41) is 0. The van der Waals surface area contributed by atoms with Crippen LogP contribution in [0.4, 0.5) is 0 Å². The summed E-state index contributed by atoms with van der Waals surface area (Å²) in [7, 11) is 5.27. The summed E-state index contributed by atoms with van der Waals surface area (Å²) in [5.74, 6) is -0.638. The van der Waals surface area contributed by atoms with Gasteiger partial charge in [0.05, 0.1) is 0 Å². The van der Waals surface area contributed by atoms with Gasteiger partial charge >= 0.3 is 0 Å². The first-order valence-electron chi connectivity index (χ1n) is 9.75. The molecule has 0 fully saturated rings. The fraction of sp³-hybridized carbons (Fsp3) is 0.905. The monoisotopic (exact) mass is 344 g/mol. The van der Waals surface area contributed by atoms with Crippen molar-refractivity contribution in [1.29, 1.82) is 0 Å². The van der Waals surface area contributed by atoms with Crippen LogP contribution in [0.1, 0.15) is 91.9 Å². The molecule has 0 saturated carbocycles. The van der Waals surface area contributed by atoms with Gasteiger partial charge in [-0.2, -0.15) is 0 Å². The van der Waals surface area contributed by atoms with E-state index in [2.05, 4.69) is 27.4 Å². The maximum absolute atomic E-state index is 5.99. The van der Waals surface area contributed by atoms with E-state index in [1.165, 1.54) is 38.5 Å².